The molecule has 1 amide bonds. The molecule has 0 N–H and O–H groups in total. The summed E-state index contributed by atoms with van der Waals surface area (Å²) < 4.78 is 5.30. The number of likely N-dealkylation sites (tertiary alicyclic amines) is 1. The van der Waals surface area contributed by atoms with E-state index in [1.165, 1.54) is 4.90 Å². The first-order valence-electron chi connectivity index (χ1n) is 6.90. The molecule has 4 nitrogen and oxygen atoms in total. The zero-order valence-electron chi connectivity index (χ0n) is 12.3. The molecule has 0 spiro atoms. The van der Waals surface area contributed by atoms with Crippen molar-refractivity contribution < 1.29 is 14.3 Å². The van der Waals surface area contributed by atoms with Gasteiger partial charge in [0.25, 0.3) is 0 Å². The lowest BCUT2D eigenvalue weighted by atomic mass is 9.98. The summed E-state index contributed by atoms with van der Waals surface area (Å²) in [6.45, 7) is 6.08. The van der Waals surface area contributed by atoms with Gasteiger partial charge >= 0.3 is 6.09 Å². The Morgan fingerprint density at radius 3 is 2.55 bits per heavy atom. The van der Waals surface area contributed by atoms with Gasteiger partial charge in [-0.15, -0.1) is 0 Å². The zero-order valence-corrected chi connectivity index (χ0v) is 12.3. The van der Waals surface area contributed by atoms with Crippen molar-refractivity contribution >= 4 is 11.9 Å². The molecular weight excluding hydrogens is 254 g/mol. The van der Waals surface area contributed by atoms with Crippen LogP contribution in [0, 0.1) is 5.92 Å². The quantitative estimate of drug-likeness (QED) is 0.833. The van der Waals surface area contributed by atoms with E-state index in [1.54, 1.807) is 0 Å². The summed E-state index contributed by atoms with van der Waals surface area (Å²) in [7, 11) is 0. The summed E-state index contributed by atoms with van der Waals surface area (Å²) in [6, 6.07) is 9.88. The van der Waals surface area contributed by atoms with Crippen LogP contribution in [0.1, 0.15) is 26.3 Å². The Hall–Kier alpha value is -1.84. The van der Waals surface area contributed by atoms with Gasteiger partial charge in [0.15, 0.2) is 5.78 Å². The van der Waals surface area contributed by atoms with Crippen molar-refractivity contribution in [2.24, 2.45) is 5.92 Å². The van der Waals surface area contributed by atoms with Gasteiger partial charge in [0.05, 0.1) is 6.54 Å². The van der Waals surface area contributed by atoms with E-state index in [4.69, 9.17) is 4.74 Å². The highest BCUT2D eigenvalue weighted by molar-refractivity contribution is 5.89. The number of benzene rings is 1. The van der Waals surface area contributed by atoms with Crippen LogP contribution in [0.4, 0.5) is 4.79 Å². The Morgan fingerprint density at radius 1 is 1.30 bits per heavy atom. The maximum Gasteiger partial charge on any atom is 0.410 e. The molecule has 1 atom stereocenters. The molecule has 4 heteroatoms. The fourth-order valence-electron chi connectivity index (χ4n) is 2.29. The van der Waals surface area contributed by atoms with Crippen LogP contribution in [-0.4, -0.2) is 35.5 Å². The van der Waals surface area contributed by atoms with Crippen molar-refractivity contribution in [3.05, 3.63) is 35.9 Å². The molecule has 1 unspecified atom stereocenters. The molecule has 1 heterocycles. The highest BCUT2D eigenvalue weighted by atomic mass is 16.6. The number of hydrogen-bond donors (Lipinski definition) is 0. The van der Waals surface area contributed by atoms with Crippen molar-refractivity contribution in [3.63, 3.8) is 0 Å². The number of amides is 1. The van der Waals surface area contributed by atoms with Crippen molar-refractivity contribution in [2.45, 2.75) is 32.8 Å². The van der Waals surface area contributed by atoms with E-state index in [0.717, 1.165) is 5.56 Å². The molecular formula is C16H21NO3. The van der Waals surface area contributed by atoms with Gasteiger partial charge in [-0.25, -0.2) is 4.79 Å². The normalized spacial score (nSPS) is 19.2. The number of rotatable bonds is 2. The summed E-state index contributed by atoms with van der Waals surface area (Å²) in [5.41, 5.74) is 0.592. The van der Waals surface area contributed by atoms with Crippen LogP contribution in [-0.2, 0) is 16.0 Å². The van der Waals surface area contributed by atoms with Gasteiger partial charge in [-0.05, 0) is 32.8 Å². The first kappa shape index (κ1) is 14.6. The maximum absolute atomic E-state index is 12.0. The topological polar surface area (TPSA) is 46.6 Å². The second kappa shape index (κ2) is 5.65. The SMILES string of the molecule is CC(C)(C)OC(=O)N1CC(=O)C(Cc2ccccc2)C1. The molecule has 0 bridgehead atoms. The fourth-order valence-corrected chi connectivity index (χ4v) is 2.29. The second-order valence-corrected chi connectivity index (χ2v) is 6.21. The summed E-state index contributed by atoms with van der Waals surface area (Å²) in [4.78, 5) is 25.5. The van der Waals surface area contributed by atoms with Crippen LogP contribution in [0.5, 0.6) is 0 Å². The number of Topliss-reactive ketones (excluding diaryl/α,β-unsaturated/α-hetero) is 1. The molecule has 1 aromatic carbocycles. The third-order valence-corrected chi connectivity index (χ3v) is 3.22. The lowest BCUT2D eigenvalue weighted by molar-refractivity contribution is -0.119. The van der Waals surface area contributed by atoms with Crippen molar-refractivity contribution in [3.8, 4) is 0 Å². The van der Waals surface area contributed by atoms with Crippen LogP contribution in [0.25, 0.3) is 0 Å². The monoisotopic (exact) mass is 275 g/mol. The molecule has 1 aromatic rings. The number of ketones is 1. The van der Waals surface area contributed by atoms with E-state index in [-0.39, 0.29) is 18.2 Å². The minimum absolute atomic E-state index is 0.111. The third-order valence-electron chi connectivity index (χ3n) is 3.22. The number of carbonyl (C=O) groups is 2. The van der Waals surface area contributed by atoms with Gasteiger partial charge in [0.2, 0.25) is 0 Å². The predicted molar refractivity (Wildman–Crippen MR) is 76.5 cm³/mol. The number of hydrogen-bond acceptors (Lipinski definition) is 3. The summed E-state index contributed by atoms with van der Waals surface area (Å²) in [6.07, 6.45) is 0.278. The largest absolute Gasteiger partial charge is 0.444 e. The molecule has 1 fully saturated rings. The van der Waals surface area contributed by atoms with Crippen LogP contribution in [0.15, 0.2) is 30.3 Å². The fraction of sp³-hybridized carbons (Fsp3) is 0.500. The number of nitrogens with zero attached hydrogens (tertiary/aromatic N) is 1. The van der Waals surface area contributed by atoms with Gasteiger partial charge in [-0.3, -0.25) is 4.79 Å². The minimum Gasteiger partial charge on any atom is -0.444 e. The van der Waals surface area contributed by atoms with Gasteiger partial charge in [0.1, 0.15) is 5.60 Å². The Morgan fingerprint density at radius 2 is 1.95 bits per heavy atom. The average Bonchev–Trinajstić information content (AvgIpc) is 2.70. The van der Waals surface area contributed by atoms with Crippen LogP contribution in [0.2, 0.25) is 0 Å². The highest BCUT2D eigenvalue weighted by Gasteiger charge is 2.35. The van der Waals surface area contributed by atoms with Crippen molar-refractivity contribution in [2.75, 3.05) is 13.1 Å². The summed E-state index contributed by atoms with van der Waals surface area (Å²) in [5.74, 6) is -0.00960. The molecule has 0 aromatic heterocycles. The van der Waals surface area contributed by atoms with E-state index in [9.17, 15) is 9.59 Å². The Balaban J connectivity index is 1.95. The van der Waals surface area contributed by atoms with Crippen LogP contribution in [0.3, 0.4) is 0 Å². The lowest BCUT2D eigenvalue weighted by Gasteiger charge is -2.24. The maximum atomic E-state index is 12.0. The van der Waals surface area contributed by atoms with Crippen LogP contribution >= 0.6 is 0 Å². The summed E-state index contributed by atoms with van der Waals surface area (Å²) >= 11 is 0. The summed E-state index contributed by atoms with van der Waals surface area (Å²) in [5, 5.41) is 0. The minimum atomic E-state index is -0.530. The molecule has 0 radical (unpaired) electrons. The molecule has 20 heavy (non-hydrogen) atoms. The predicted octanol–water partition coefficient (Wildman–Crippen LogP) is 2.67. The average molecular weight is 275 g/mol. The molecule has 0 aliphatic carbocycles. The zero-order chi connectivity index (χ0) is 14.8. The van der Waals surface area contributed by atoms with E-state index in [1.807, 2.05) is 51.1 Å². The van der Waals surface area contributed by atoms with E-state index in [2.05, 4.69) is 0 Å². The first-order chi connectivity index (χ1) is 9.35. The Kier molecular flexibility index (Phi) is 4.12. The van der Waals surface area contributed by atoms with Gasteiger partial charge < -0.3 is 9.64 Å². The molecule has 1 aliphatic heterocycles. The van der Waals surface area contributed by atoms with E-state index in [0.29, 0.717) is 13.0 Å². The standard InChI is InChI=1S/C16H21NO3/c1-16(2,3)20-15(19)17-10-13(14(18)11-17)9-12-7-5-4-6-8-12/h4-8,13H,9-11H2,1-3H3. The van der Waals surface area contributed by atoms with Gasteiger partial charge in [-0.2, -0.15) is 0 Å². The first-order valence-corrected chi connectivity index (χ1v) is 6.90. The van der Waals surface area contributed by atoms with E-state index >= 15 is 0 Å². The molecule has 2 rings (SSSR count). The van der Waals surface area contributed by atoms with Crippen molar-refractivity contribution in [1.82, 2.24) is 4.90 Å². The van der Waals surface area contributed by atoms with Gasteiger partial charge in [-0.1, -0.05) is 30.3 Å². The second-order valence-electron chi connectivity index (χ2n) is 6.21. The third kappa shape index (κ3) is 3.83. The molecule has 1 aliphatic rings. The molecule has 1 saturated heterocycles. The lowest BCUT2D eigenvalue weighted by Crippen LogP contribution is -2.35. The van der Waals surface area contributed by atoms with E-state index < -0.39 is 11.7 Å². The Labute approximate surface area is 119 Å². The van der Waals surface area contributed by atoms with Crippen LogP contribution < -0.4 is 0 Å². The molecule has 0 saturated carbocycles. The highest BCUT2D eigenvalue weighted by Crippen LogP contribution is 2.20. The number of ether oxygens (including phenoxy) is 1. The molecule has 108 valence electrons. The number of carbonyl (C=O) groups excluding carboxylic acids is 2. The van der Waals surface area contributed by atoms with Gasteiger partial charge in [0, 0.05) is 12.5 Å². The van der Waals surface area contributed by atoms with Crippen molar-refractivity contribution in [1.29, 1.82) is 0 Å². The smallest absolute Gasteiger partial charge is 0.410 e. The Bertz CT molecular complexity index is 490.